The predicted molar refractivity (Wildman–Crippen MR) is 130 cm³/mol. The molecule has 0 aromatic heterocycles. The number of anilines is 1. The Morgan fingerprint density at radius 2 is 1.89 bits per heavy atom. The number of halogens is 3. The summed E-state index contributed by atoms with van der Waals surface area (Å²) in [4.78, 5) is 23.7. The van der Waals surface area contributed by atoms with E-state index < -0.39 is 18.2 Å². The lowest BCUT2D eigenvalue weighted by Crippen LogP contribution is -2.41. The number of alkyl halides is 3. The van der Waals surface area contributed by atoms with Crippen molar-refractivity contribution in [2.75, 3.05) is 12.4 Å². The van der Waals surface area contributed by atoms with E-state index in [1.165, 1.54) is 19.2 Å². The number of ether oxygens (including phenoxy) is 2. The number of hydrogen-bond donors (Lipinski definition) is 1. The molecular formula is C26H30F3N3O4. The van der Waals surface area contributed by atoms with Gasteiger partial charge in [0.25, 0.3) is 0 Å². The first-order valence-electron chi connectivity index (χ1n) is 11.8. The van der Waals surface area contributed by atoms with Crippen molar-refractivity contribution < 1.29 is 32.2 Å². The number of nitrogens with one attached hydrogen (secondary N) is 1. The van der Waals surface area contributed by atoms with Crippen LogP contribution in [0.2, 0.25) is 0 Å². The largest absolute Gasteiger partial charge is 0.573 e. The summed E-state index contributed by atoms with van der Waals surface area (Å²) in [6.07, 6.45) is -1.71. The lowest BCUT2D eigenvalue weighted by molar-refractivity contribution is -0.275. The Morgan fingerprint density at radius 1 is 1.17 bits per heavy atom. The summed E-state index contributed by atoms with van der Waals surface area (Å²) in [6, 6.07) is 11.1. The average molecular weight is 506 g/mol. The third-order valence-electron chi connectivity index (χ3n) is 5.93. The molecule has 1 heterocycles. The minimum Gasteiger partial charge on any atom is -0.493 e. The molecular weight excluding hydrogens is 475 g/mol. The van der Waals surface area contributed by atoms with Crippen molar-refractivity contribution in [3.8, 4) is 11.5 Å². The van der Waals surface area contributed by atoms with Gasteiger partial charge in [-0.25, -0.2) is 0 Å². The highest BCUT2D eigenvalue weighted by atomic mass is 19.4. The first-order chi connectivity index (χ1) is 17.2. The summed E-state index contributed by atoms with van der Waals surface area (Å²) in [5.74, 6) is -0.686. The zero-order valence-electron chi connectivity index (χ0n) is 20.5. The molecule has 0 saturated heterocycles. The van der Waals surface area contributed by atoms with E-state index in [0.29, 0.717) is 42.8 Å². The monoisotopic (exact) mass is 505 g/mol. The SMILES string of the molecule is CCCC(=O)Nc1ccc(CN2N=C(c3ccc(OC)c(OC(F)(F)F)c3)C(CC)CC2C=O)cc1. The van der Waals surface area contributed by atoms with Crippen molar-refractivity contribution in [1.29, 1.82) is 0 Å². The first-order valence-corrected chi connectivity index (χ1v) is 11.8. The molecule has 0 spiro atoms. The van der Waals surface area contributed by atoms with Gasteiger partial charge in [0.15, 0.2) is 11.5 Å². The minimum atomic E-state index is -4.87. The van der Waals surface area contributed by atoms with Crippen molar-refractivity contribution in [3.63, 3.8) is 0 Å². The van der Waals surface area contributed by atoms with Crippen LogP contribution in [0.3, 0.4) is 0 Å². The van der Waals surface area contributed by atoms with Crippen molar-refractivity contribution in [2.24, 2.45) is 11.0 Å². The maximum atomic E-state index is 12.9. The summed E-state index contributed by atoms with van der Waals surface area (Å²) in [6.45, 7) is 4.19. The van der Waals surface area contributed by atoms with Crippen LogP contribution in [0.15, 0.2) is 47.6 Å². The third kappa shape index (κ3) is 6.99. The van der Waals surface area contributed by atoms with Gasteiger partial charge in [-0.05, 0) is 55.2 Å². The zero-order chi connectivity index (χ0) is 26.3. The van der Waals surface area contributed by atoms with Crippen LogP contribution in [0.1, 0.15) is 50.7 Å². The molecule has 1 aliphatic heterocycles. The lowest BCUT2D eigenvalue weighted by Gasteiger charge is -2.35. The Bertz CT molecular complexity index is 1090. The fraction of sp³-hybridized carbons (Fsp3) is 0.423. The molecule has 7 nitrogen and oxygen atoms in total. The van der Waals surface area contributed by atoms with Crippen LogP contribution >= 0.6 is 0 Å². The number of carbonyl (C=O) groups is 2. The molecule has 0 saturated carbocycles. The summed E-state index contributed by atoms with van der Waals surface area (Å²) >= 11 is 0. The Hall–Kier alpha value is -3.56. The minimum absolute atomic E-state index is 0.0470. The van der Waals surface area contributed by atoms with E-state index in [9.17, 15) is 22.8 Å². The van der Waals surface area contributed by atoms with Gasteiger partial charge in [-0.1, -0.05) is 26.0 Å². The van der Waals surface area contributed by atoms with Crippen molar-refractivity contribution >= 4 is 23.6 Å². The number of benzene rings is 2. The summed E-state index contributed by atoms with van der Waals surface area (Å²) < 4.78 is 48.0. The number of carbonyl (C=O) groups excluding carboxylic acids is 2. The Balaban J connectivity index is 1.89. The van der Waals surface area contributed by atoms with E-state index >= 15 is 0 Å². The number of methoxy groups -OCH3 is 1. The van der Waals surface area contributed by atoms with Gasteiger partial charge in [0.2, 0.25) is 5.91 Å². The van der Waals surface area contributed by atoms with Crippen LogP contribution in [0.4, 0.5) is 18.9 Å². The summed E-state index contributed by atoms with van der Waals surface area (Å²) in [5, 5.41) is 9.19. The van der Waals surface area contributed by atoms with Crippen LogP contribution in [0, 0.1) is 5.92 Å². The maximum Gasteiger partial charge on any atom is 0.573 e. The standard InChI is InChI=1S/C26H30F3N3O4/c1-4-6-24(34)30-20-10-7-17(8-11-20)15-32-21(16-33)13-18(5-2)25(31-32)19-9-12-22(35-3)23(14-19)36-26(27,28)29/h7-12,14,16,18,21H,4-6,13,15H2,1-3H3,(H,30,34). The van der Waals surface area contributed by atoms with Crippen LogP contribution < -0.4 is 14.8 Å². The third-order valence-corrected chi connectivity index (χ3v) is 5.93. The number of rotatable bonds is 10. The number of hydrazone groups is 1. The van der Waals surface area contributed by atoms with Gasteiger partial charge in [-0.3, -0.25) is 9.80 Å². The van der Waals surface area contributed by atoms with E-state index in [4.69, 9.17) is 9.84 Å². The van der Waals surface area contributed by atoms with Gasteiger partial charge in [0.05, 0.1) is 19.4 Å². The first kappa shape index (κ1) is 27.0. The molecule has 2 aromatic rings. The van der Waals surface area contributed by atoms with Crippen LogP contribution in [0.5, 0.6) is 11.5 Å². The van der Waals surface area contributed by atoms with E-state index in [1.54, 1.807) is 23.2 Å². The fourth-order valence-corrected chi connectivity index (χ4v) is 4.12. The molecule has 0 aliphatic carbocycles. The van der Waals surface area contributed by atoms with Gasteiger partial charge in [0.1, 0.15) is 12.3 Å². The van der Waals surface area contributed by atoms with Crippen LogP contribution in [-0.4, -0.2) is 42.4 Å². The van der Waals surface area contributed by atoms with E-state index in [1.807, 2.05) is 26.0 Å². The Labute approximate surface area is 208 Å². The molecule has 2 aromatic carbocycles. The molecule has 1 aliphatic rings. The highest BCUT2D eigenvalue weighted by Gasteiger charge is 2.34. The Kier molecular flexibility index (Phi) is 8.95. The van der Waals surface area contributed by atoms with Crippen LogP contribution in [0.25, 0.3) is 0 Å². The quantitative estimate of drug-likeness (QED) is 0.429. The molecule has 0 bridgehead atoms. The molecule has 2 unspecified atom stereocenters. The molecule has 0 radical (unpaired) electrons. The molecule has 1 N–H and O–H groups in total. The molecule has 2 atom stereocenters. The zero-order valence-corrected chi connectivity index (χ0v) is 20.5. The Morgan fingerprint density at radius 3 is 2.47 bits per heavy atom. The smallest absolute Gasteiger partial charge is 0.493 e. The average Bonchev–Trinajstić information content (AvgIpc) is 2.84. The second kappa shape index (κ2) is 11.9. The van der Waals surface area contributed by atoms with E-state index in [2.05, 4.69) is 10.1 Å². The van der Waals surface area contributed by atoms with E-state index in [-0.39, 0.29) is 17.6 Å². The van der Waals surface area contributed by atoms with Crippen molar-refractivity contribution in [1.82, 2.24) is 5.01 Å². The van der Waals surface area contributed by atoms with Gasteiger partial charge in [-0.2, -0.15) is 5.10 Å². The summed E-state index contributed by atoms with van der Waals surface area (Å²) in [7, 11) is 1.27. The number of nitrogens with zero attached hydrogens (tertiary/aromatic N) is 2. The fourth-order valence-electron chi connectivity index (χ4n) is 4.12. The second-order valence-corrected chi connectivity index (χ2v) is 8.54. The van der Waals surface area contributed by atoms with Crippen LogP contribution in [-0.2, 0) is 16.1 Å². The highest BCUT2D eigenvalue weighted by Crippen LogP contribution is 2.35. The topological polar surface area (TPSA) is 80.2 Å². The van der Waals surface area contributed by atoms with Gasteiger partial charge >= 0.3 is 6.36 Å². The van der Waals surface area contributed by atoms with Crippen molar-refractivity contribution in [3.05, 3.63) is 53.6 Å². The molecule has 10 heteroatoms. The predicted octanol–water partition coefficient (Wildman–Crippen LogP) is 5.54. The van der Waals surface area contributed by atoms with Gasteiger partial charge in [-0.15, -0.1) is 13.2 Å². The van der Waals surface area contributed by atoms with E-state index in [0.717, 1.165) is 18.3 Å². The van der Waals surface area contributed by atoms with Gasteiger partial charge in [0, 0.05) is 23.6 Å². The normalized spacial score (nSPS) is 17.8. The molecule has 194 valence electrons. The second-order valence-electron chi connectivity index (χ2n) is 8.54. The number of hydrogen-bond acceptors (Lipinski definition) is 6. The number of aldehydes is 1. The molecule has 0 fully saturated rings. The highest BCUT2D eigenvalue weighted by molar-refractivity contribution is 6.03. The lowest BCUT2D eigenvalue weighted by atomic mass is 9.87. The van der Waals surface area contributed by atoms with Crippen molar-refractivity contribution in [2.45, 2.75) is 58.5 Å². The molecule has 3 rings (SSSR count). The molecule has 1 amide bonds. The maximum absolute atomic E-state index is 12.9. The molecule has 36 heavy (non-hydrogen) atoms. The summed E-state index contributed by atoms with van der Waals surface area (Å²) in [5.41, 5.74) is 2.58. The van der Waals surface area contributed by atoms with Gasteiger partial charge < -0.3 is 19.6 Å². The number of amides is 1.